The monoisotopic (exact) mass is 463 g/mol. The van der Waals surface area contributed by atoms with Gasteiger partial charge in [0, 0.05) is 12.7 Å². The molecule has 0 spiro atoms. The van der Waals surface area contributed by atoms with Gasteiger partial charge >= 0.3 is 0 Å². The number of rotatable bonds is 9. The van der Waals surface area contributed by atoms with Crippen LogP contribution < -0.4 is 10.1 Å². The second-order valence-electron chi connectivity index (χ2n) is 7.09. The van der Waals surface area contributed by atoms with Gasteiger partial charge in [-0.3, -0.25) is 14.3 Å². The number of nitrogens with zero attached hydrogens (tertiary/aromatic N) is 4. The van der Waals surface area contributed by atoms with Crippen LogP contribution in [-0.2, 0) is 17.8 Å². The zero-order chi connectivity index (χ0) is 23.0. The Hall–Kier alpha value is -3.72. The van der Waals surface area contributed by atoms with Gasteiger partial charge < -0.3 is 10.1 Å². The maximum Gasteiger partial charge on any atom is 0.230 e. The van der Waals surface area contributed by atoms with Gasteiger partial charge in [0.05, 0.1) is 17.6 Å². The van der Waals surface area contributed by atoms with E-state index >= 15 is 0 Å². The highest BCUT2D eigenvalue weighted by Crippen LogP contribution is 2.25. The Bertz CT molecular complexity index is 1230. The molecule has 1 amide bonds. The summed E-state index contributed by atoms with van der Waals surface area (Å²) in [5, 5.41) is 11.6. The highest BCUT2D eigenvalue weighted by Gasteiger charge is 2.13. The molecular weight excluding hydrogens is 441 g/mol. The summed E-state index contributed by atoms with van der Waals surface area (Å²) in [6.07, 6.45) is 5.64. The molecule has 0 aliphatic rings. The molecule has 0 fully saturated rings. The van der Waals surface area contributed by atoms with Crippen LogP contribution in [0.1, 0.15) is 18.1 Å². The number of para-hydroxylation sites is 1. The third-order valence-corrected chi connectivity index (χ3v) is 5.77. The van der Waals surface area contributed by atoms with Crippen molar-refractivity contribution in [3.8, 4) is 17.2 Å². The lowest BCUT2D eigenvalue weighted by atomic mass is 10.1. The number of pyridine rings is 1. The highest BCUT2D eigenvalue weighted by molar-refractivity contribution is 7.99. The molecular formula is C24H22FN5O2S. The van der Waals surface area contributed by atoms with Crippen LogP contribution in [0, 0.1) is 5.82 Å². The molecule has 168 valence electrons. The molecule has 33 heavy (non-hydrogen) atoms. The van der Waals surface area contributed by atoms with Crippen LogP contribution in [0.2, 0.25) is 0 Å². The van der Waals surface area contributed by atoms with Crippen LogP contribution in [-0.4, -0.2) is 31.4 Å². The average Bonchev–Trinajstić information content (AvgIpc) is 3.32. The Morgan fingerprint density at radius 1 is 1.18 bits per heavy atom. The van der Waals surface area contributed by atoms with Gasteiger partial charge in [0.2, 0.25) is 5.91 Å². The third kappa shape index (κ3) is 5.75. The smallest absolute Gasteiger partial charge is 0.230 e. The fraction of sp³-hybridized carbons (Fsp3) is 0.167. The van der Waals surface area contributed by atoms with E-state index in [2.05, 4.69) is 33.5 Å². The molecule has 0 radical (unpaired) electrons. The van der Waals surface area contributed by atoms with E-state index in [0.717, 1.165) is 12.1 Å². The summed E-state index contributed by atoms with van der Waals surface area (Å²) in [5.41, 5.74) is 2.79. The van der Waals surface area contributed by atoms with E-state index in [9.17, 15) is 9.18 Å². The maximum atomic E-state index is 14.4. The van der Waals surface area contributed by atoms with Gasteiger partial charge in [-0.2, -0.15) is 0 Å². The first-order valence-corrected chi connectivity index (χ1v) is 11.4. The fourth-order valence-corrected chi connectivity index (χ4v) is 3.94. The van der Waals surface area contributed by atoms with Crippen LogP contribution in [0.15, 0.2) is 78.5 Å². The molecule has 9 heteroatoms. The zero-order valence-electron chi connectivity index (χ0n) is 17.9. The zero-order valence-corrected chi connectivity index (χ0v) is 18.8. The molecule has 0 bridgehead atoms. The van der Waals surface area contributed by atoms with E-state index in [1.165, 1.54) is 35.7 Å². The number of halogens is 1. The summed E-state index contributed by atoms with van der Waals surface area (Å²) in [6.45, 7) is 2.29. The molecule has 0 saturated carbocycles. The maximum absolute atomic E-state index is 14.4. The lowest BCUT2D eigenvalue weighted by Crippen LogP contribution is -2.24. The molecule has 7 nitrogen and oxygen atoms in total. The predicted octanol–water partition coefficient (Wildman–Crippen LogP) is 4.56. The van der Waals surface area contributed by atoms with Crippen molar-refractivity contribution < 1.29 is 13.9 Å². The number of ether oxygens (including phenoxy) is 1. The Labute approximate surface area is 195 Å². The van der Waals surface area contributed by atoms with E-state index < -0.39 is 5.82 Å². The summed E-state index contributed by atoms with van der Waals surface area (Å²) in [6, 6.07) is 16.0. The lowest BCUT2D eigenvalue weighted by molar-refractivity contribution is -0.118. The number of hydrogen-bond donors (Lipinski definition) is 1. The van der Waals surface area contributed by atoms with Crippen LogP contribution in [0.4, 0.5) is 4.39 Å². The molecule has 2 heterocycles. The summed E-state index contributed by atoms with van der Waals surface area (Å²) >= 11 is 1.30. The topological polar surface area (TPSA) is 81.9 Å². The van der Waals surface area contributed by atoms with Crippen molar-refractivity contribution in [2.24, 2.45) is 0 Å². The van der Waals surface area contributed by atoms with Gasteiger partial charge in [-0.25, -0.2) is 4.39 Å². The Morgan fingerprint density at radius 2 is 2.06 bits per heavy atom. The number of amides is 1. The standard InChI is InChI=1S/C24H22FN5O2S/c1-2-18-6-3-4-8-21(18)30-16-28-29-24(30)33-15-23(31)27-13-17-9-10-22(20(25)12-17)32-19-7-5-11-26-14-19/h3-12,14,16H,2,13,15H2,1H3,(H,27,31). The lowest BCUT2D eigenvalue weighted by Gasteiger charge is -2.11. The molecule has 2 aromatic heterocycles. The van der Waals surface area contributed by atoms with E-state index in [0.29, 0.717) is 16.5 Å². The Morgan fingerprint density at radius 3 is 2.85 bits per heavy atom. The van der Waals surface area contributed by atoms with Gasteiger partial charge in [-0.15, -0.1) is 10.2 Å². The SMILES string of the molecule is CCc1ccccc1-n1cnnc1SCC(=O)NCc1ccc(Oc2cccnc2)c(F)c1. The molecule has 4 aromatic rings. The third-order valence-electron chi connectivity index (χ3n) is 4.83. The normalized spacial score (nSPS) is 10.7. The number of nitrogens with one attached hydrogen (secondary N) is 1. The Kier molecular flexibility index (Phi) is 7.31. The van der Waals surface area contributed by atoms with Gasteiger partial charge in [-0.05, 0) is 47.9 Å². The molecule has 0 atom stereocenters. The first kappa shape index (κ1) is 22.5. The summed E-state index contributed by atoms with van der Waals surface area (Å²) in [5.74, 6) is 0.0128. The van der Waals surface area contributed by atoms with Gasteiger partial charge in [0.25, 0.3) is 0 Å². The summed E-state index contributed by atoms with van der Waals surface area (Å²) in [4.78, 5) is 16.3. The first-order valence-electron chi connectivity index (χ1n) is 10.4. The number of carbonyl (C=O) groups is 1. The van der Waals surface area contributed by atoms with Gasteiger partial charge in [0.15, 0.2) is 16.7 Å². The molecule has 1 N–H and O–H groups in total. The minimum atomic E-state index is -0.511. The van der Waals surface area contributed by atoms with E-state index in [4.69, 9.17) is 4.74 Å². The van der Waals surface area contributed by atoms with Crippen molar-refractivity contribution in [1.29, 1.82) is 0 Å². The quantitative estimate of drug-likeness (QED) is 0.366. The first-order chi connectivity index (χ1) is 16.1. The van der Waals surface area contributed by atoms with Crippen molar-refractivity contribution in [2.45, 2.75) is 25.0 Å². The minimum absolute atomic E-state index is 0.0975. The van der Waals surface area contributed by atoms with Crippen LogP contribution in [0.3, 0.4) is 0 Å². The number of aryl methyl sites for hydroxylation is 1. The second kappa shape index (κ2) is 10.7. The number of benzene rings is 2. The average molecular weight is 464 g/mol. The van der Waals surface area contributed by atoms with E-state index in [1.54, 1.807) is 30.7 Å². The Balaban J connectivity index is 1.32. The van der Waals surface area contributed by atoms with Crippen molar-refractivity contribution in [1.82, 2.24) is 25.1 Å². The van der Waals surface area contributed by atoms with Gasteiger partial charge in [0.1, 0.15) is 12.1 Å². The highest BCUT2D eigenvalue weighted by atomic mass is 32.2. The number of hydrogen-bond acceptors (Lipinski definition) is 6. The molecule has 2 aromatic carbocycles. The van der Waals surface area contributed by atoms with Crippen LogP contribution in [0.25, 0.3) is 5.69 Å². The van der Waals surface area contributed by atoms with Crippen LogP contribution in [0.5, 0.6) is 11.5 Å². The van der Waals surface area contributed by atoms with E-state index in [-0.39, 0.29) is 24.0 Å². The second-order valence-corrected chi connectivity index (χ2v) is 8.03. The molecule has 0 aliphatic carbocycles. The molecule has 0 saturated heterocycles. The van der Waals surface area contributed by atoms with Crippen LogP contribution >= 0.6 is 11.8 Å². The predicted molar refractivity (Wildman–Crippen MR) is 124 cm³/mol. The van der Waals surface area contributed by atoms with Crippen molar-refractivity contribution in [3.05, 3.63) is 90.3 Å². The number of aromatic nitrogens is 4. The summed E-state index contributed by atoms with van der Waals surface area (Å²) < 4.78 is 21.8. The number of carbonyl (C=O) groups excluding carboxylic acids is 1. The van der Waals surface area contributed by atoms with Crippen molar-refractivity contribution in [3.63, 3.8) is 0 Å². The molecule has 0 unspecified atom stereocenters. The van der Waals surface area contributed by atoms with Gasteiger partial charge in [-0.1, -0.05) is 43.0 Å². The van der Waals surface area contributed by atoms with Crippen molar-refractivity contribution in [2.75, 3.05) is 5.75 Å². The minimum Gasteiger partial charge on any atom is -0.453 e. The largest absolute Gasteiger partial charge is 0.453 e. The van der Waals surface area contributed by atoms with E-state index in [1.807, 2.05) is 22.8 Å². The fourth-order valence-electron chi connectivity index (χ4n) is 3.19. The molecule has 0 aliphatic heterocycles. The molecule has 4 rings (SSSR count). The summed E-state index contributed by atoms with van der Waals surface area (Å²) in [7, 11) is 0. The number of thioether (sulfide) groups is 1. The van der Waals surface area contributed by atoms with Crippen molar-refractivity contribution >= 4 is 17.7 Å².